The first-order chi connectivity index (χ1) is 18.7. The average molecular weight is 544 g/mol. The number of nitrogen functional groups attached to an aromatic ring is 1. The van der Waals surface area contributed by atoms with Gasteiger partial charge in [0.25, 0.3) is 11.8 Å². The second-order valence-electron chi connectivity index (χ2n) is 8.98. The Labute approximate surface area is 230 Å². The molecule has 1 aromatic heterocycles. The molecule has 4 aromatic rings. The fourth-order valence-electron chi connectivity index (χ4n) is 4.27. The van der Waals surface area contributed by atoms with Crippen molar-refractivity contribution < 1.29 is 19.1 Å². The number of benzene rings is 3. The van der Waals surface area contributed by atoms with Gasteiger partial charge in [0.2, 0.25) is 5.91 Å². The number of hydrogen-bond acceptors (Lipinski definition) is 7. The maximum atomic E-state index is 14.2. The molecular weight excluding hydrogens is 514 g/mol. The van der Waals surface area contributed by atoms with Crippen LogP contribution in [0, 0.1) is 13.8 Å². The summed E-state index contributed by atoms with van der Waals surface area (Å²) in [6.45, 7) is 4.06. The Morgan fingerprint density at radius 1 is 1.03 bits per heavy atom. The van der Waals surface area contributed by atoms with Gasteiger partial charge in [-0.2, -0.15) is 4.37 Å². The molecule has 1 atom stereocenters. The van der Waals surface area contributed by atoms with Crippen molar-refractivity contribution in [3.63, 3.8) is 0 Å². The molecule has 3 amide bonds. The molecule has 200 valence electrons. The molecule has 1 unspecified atom stereocenters. The van der Waals surface area contributed by atoms with E-state index in [2.05, 4.69) is 9.69 Å². The van der Waals surface area contributed by atoms with Crippen molar-refractivity contribution in [2.24, 2.45) is 5.73 Å². The number of nitrogens with one attached hydrogen (secondary N) is 1. The Hall–Kier alpha value is -4.70. The van der Waals surface area contributed by atoms with Crippen molar-refractivity contribution in [1.29, 1.82) is 0 Å². The number of nitrogens with zero attached hydrogens (tertiary/aromatic N) is 2. The lowest BCUT2D eigenvalue weighted by Crippen LogP contribution is -2.44. The molecule has 5 N–H and O–H groups in total. The van der Waals surface area contributed by atoms with Gasteiger partial charge in [-0.3, -0.25) is 19.3 Å². The van der Waals surface area contributed by atoms with Crippen LogP contribution in [0.5, 0.6) is 5.75 Å². The van der Waals surface area contributed by atoms with E-state index in [0.29, 0.717) is 17.0 Å². The maximum absolute atomic E-state index is 14.2. The van der Waals surface area contributed by atoms with E-state index in [1.54, 1.807) is 37.4 Å². The van der Waals surface area contributed by atoms with Crippen molar-refractivity contribution in [3.05, 3.63) is 106 Å². The minimum absolute atomic E-state index is 0.0122. The topological polar surface area (TPSA) is 141 Å². The lowest BCUT2D eigenvalue weighted by Gasteiger charge is -2.32. The van der Waals surface area contributed by atoms with E-state index in [-0.39, 0.29) is 22.8 Å². The first-order valence-electron chi connectivity index (χ1n) is 12.1. The zero-order valence-corrected chi connectivity index (χ0v) is 22.6. The summed E-state index contributed by atoms with van der Waals surface area (Å²) in [4.78, 5) is 41.4. The molecule has 0 spiro atoms. The summed E-state index contributed by atoms with van der Waals surface area (Å²) in [6.07, 6.45) is 0. The van der Waals surface area contributed by atoms with Crippen LogP contribution in [0.4, 0.5) is 11.4 Å². The Bertz CT molecular complexity index is 1500. The van der Waals surface area contributed by atoms with E-state index in [1.165, 1.54) is 4.90 Å². The van der Waals surface area contributed by atoms with Gasteiger partial charge in [0.1, 0.15) is 16.7 Å². The number of ether oxygens (including phenoxy) is 1. The van der Waals surface area contributed by atoms with Crippen LogP contribution >= 0.6 is 11.5 Å². The minimum atomic E-state index is -1.09. The van der Waals surface area contributed by atoms with E-state index in [0.717, 1.165) is 28.2 Å². The summed E-state index contributed by atoms with van der Waals surface area (Å²) >= 11 is 0.766. The Balaban J connectivity index is 1.86. The normalized spacial score (nSPS) is 11.5. The molecular formula is C29H29N5O4S. The predicted molar refractivity (Wildman–Crippen MR) is 152 cm³/mol. The third-order valence-corrected chi connectivity index (χ3v) is 7.08. The first kappa shape index (κ1) is 27.3. The molecule has 3 aromatic carbocycles. The summed E-state index contributed by atoms with van der Waals surface area (Å²) in [7, 11) is 1.55. The molecule has 4 rings (SSSR count). The quantitative estimate of drug-likeness (QED) is 0.290. The summed E-state index contributed by atoms with van der Waals surface area (Å²) in [5, 5.41) is 2.97. The van der Waals surface area contributed by atoms with Crippen molar-refractivity contribution in [3.8, 4) is 5.75 Å². The van der Waals surface area contributed by atoms with E-state index in [4.69, 9.17) is 16.2 Å². The molecule has 10 heteroatoms. The number of methoxy groups -OCH3 is 1. The van der Waals surface area contributed by atoms with Gasteiger partial charge in [0, 0.05) is 12.2 Å². The van der Waals surface area contributed by atoms with Gasteiger partial charge >= 0.3 is 0 Å². The highest BCUT2D eigenvalue weighted by Crippen LogP contribution is 2.35. The fourth-order valence-corrected chi connectivity index (χ4v) is 5.01. The van der Waals surface area contributed by atoms with Gasteiger partial charge in [0.15, 0.2) is 5.69 Å². The van der Waals surface area contributed by atoms with Crippen molar-refractivity contribution in [1.82, 2.24) is 9.69 Å². The number of nitrogens with two attached hydrogens (primary N) is 2. The highest BCUT2D eigenvalue weighted by atomic mass is 32.1. The van der Waals surface area contributed by atoms with Gasteiger partial charge in [-0.15, -0.1) is 0 Å². The molecule has 1 heterocycles. The van der Waals surface area contributed by atoms with Crippen LogP contribution < -0.4 is 26.4 Å². The Morgan fingerprint density at radius 2 is 1.72 bits per heavy atom. The molecule has 0 aliphatic rings. The SMILES string of the molecule is COc1ccc(C(C(=O)NCc2ccccc2)N(C(=O)c2snc(C(N)=O)c2N)c2ccc(C)cc2C)cc1. The van der Waals surface area contributed by atoms with Crippen molar-refractivity contribution in [2.45, 2.75) is 26.4 Å². The number of carbonyl (C=O) groups excluding carboxylic acids is 3. The zero-order valence-electron chi connectivity index (χ0n) is 21.8. The monoisotopic (exact) mass is 543 g/mol. The number of aromatic nitrogens is 1. The van der Waals surface area contributed by atoms with Crippen LogP contribution in [0.1, 0.15) is 48.5 Å². The summed E-state index contributed by atoms with van der Waals surface area (Å²) in [6, 6.07) is 20.9. The van der Waals surface area contributed by atoms with Gasteiger partial charge < -0.3 is 21.5 Å². The smallest absolute Gasteiger partial charge is 0.273 e. The van der Waals surface area contributed by atoms with E-state index in [9.17, 15) is 14.4 Å². The number of hydrogen-bond donors (Lipinski definition) is 3. The predicted octanol–water partition coefficient (Wildman–Crippen LogP) is 4.15. The molecule has 0 aliphatic carbocycles. The maximum Gasteiger partial charge on any atom is 0.273 e. The molecule has 0 saturated carbocycles. The molecule has 39 heavy (non-hydrogen) atoms. The molecule has 0 fully saturated rings. The average Bonchev–Trinajstić information content (AvgIpc) is 3.32. The highest BCUT2D eigenvalue weighted by Gasteiger charge is 2.36. The lowest BCUT2D eigenvalue weighted by molar-refractivity contribution is -0.122. The zero-order chi connectivity index (χ0) is 28.1. The second-order valence-corrected chi connectivity index (χ2v) is 9.76. The van der Waals surface area contributed by atoms with Gasteiger partial charge in [-0.1, -0.05) is 60.2 Å². The first-order valence-corrected chi connectivity index (χ1v) is 12.9. The van der Waals surface area contributed by atoms with Crippen molar-refractivity contribution in [2.75, 3.05) is 17.7 Å². The standard InChI is InChI=1S/C29H29N5O4S/c1-17-9-14-22(18(2)15-17)34(29(37)26-23(30)24(27(31)35)33-39-26)25(20-10-12-21(38-3)13-11-20)28(36)32-16-19-7-5-4-6-8-19/h4-15,25H,16,30H2,1-3H3,(H2,31,35)(H,32,36). The molecule has 0 bridgehead atoms. The van der Waals surface area contributed by atoms with Crippen LogP contribution in [0.2, 0.25) is 0 Å². The third kappa shape index (κ3) is 5.91. The van der Waals surface area contributed by atoms with Crippen LogP contribution in [-0.2, 0) is 11.3 Å². The number of primary amides is 1. The molecule has 0 radical (unpaired) electrons. The van der Waals surface area contributed by atoms with Crippen LogP contribution in [-0.4, -0.2) is 29.2 Å². The van der Waals surface area contributed by atoms with Gasteiger partial charge in [-0.25, -0.2) is 0 Å². The molecule has 0 aliphatic heterocycles. The Morgan fingerprint density at radius 3 is 2.31 bits per heavy atom. The molecule has 0 saturated heterocycles. The van der Waals surface area contributed by atoms with Gasteiger partial charge in [0.05, 0.1) is 12.8 Å². The number of carbonyl (C=O) groups is 3. The van der Waals surface area contributed by atoms with Crippen LogP contribution in [0.25, 0.3) is 0 Å². The minimum Gasteiger partial charge on any atom is -0.497 e. The van der Waals surface area contributed by atoms with Gasteiger partial charge in [-0.05, 0) is 60.3 Å². The Kier molecular flexibility index (Phi) is 8.26. The summed E-state index contributed by atoms with van der Waals surface area (Å²) in [5.41, 5.74) is 15.0. The fraction of sp³-hybridized carbons (Fsp3) is 0.172. The number of aryl methyl sites for hydroxylation is 2. The second kappa shape index (κ2) is 11.8. The van der Waals surface area contributed by atoms with E-state index < -0.39 is 23.8 Å². The lowest BCUT2D eigenvalue weighted by atomic mass is 10.00. The largest absolute Gasteiger partial charge is 0.497 e. The summed E-state index contributed by atoms with van der Waals surface area (Å²) in [5.74, 6) is -1.23. The highest BCUT2D eigenvalue weighted by molar-refractivity contribution is 7.09. The number of amides is 3. The number of rotatable bonds is 9. The van der Waals surface area contributed by atoms with Crippen LogP contribution in [0.15, 0.2) is 72.8 Å². The van der Waals surface area contributed by atoms with E-state index >= 15 is 0 Å². The molecule has 9 nitrogen and oxygen atoms in total. The van der Waals surface area contributed by atoms with Crippen molar-refractivity contribution >= 4 is 40.6 Å². The van der Waals surface area contributed by atoms with Crippen LogP contribution in [0.3, 0.4) is 0 Å². The van der Waals surface area contributed by atoms with E-state index in [1.807, 2.05) is 56.3 Å². The number of anilines is 2. The summed E-state index contributed by atoms with van der Waals surface area (Å²) < 4.78 is 9.30. The third-order valence-electron chi connectivity index (χ3n) is 6.23.